The number of fused-ring (bicyclic) bond motifs is 1. The predicted molar refractivity (Wildman–Crippen MR) is 109 cm³/mol. The first-order valence-electron chi connectivity index (χ1n) is 9.40. The first-order chi connectivity index (χ1) is 13.5. The van der Waals surface area contributed by atoms with Gasteiger partial charge in [-0.15, -0.1) is 11.3 Å². The fourth-order valence-electron chi connectivity index (χ4n) is 3.27. The number of thiophene rings is 1. The largest absolute Gasteiger partial charge is 0.494 e. The van der Waals surface area contributed by atoms with Crippen molar-refractivity contribution in [3.05, 3.63) is 40.3 Å². The second-order valence-electron chi connectivity index (χ2n) is 6.79. The van der Waals surface area contributed by atoms with Gasteiger partial charge in [0.25, 0.3) is 5.91 Å². The third-order valence-corrected chi connectivity index (χ3v) is 5.83. The topological polar surface area (TPSA) is 73.9 Å². The van der Waals surface area contributed by atoms with Crippen molar-refractivity contribution in [2.75, 3.05) is 25.6 Å². The third-order valence-electron chi connectivity index (χ3n) is 4.66. The molecule has 0 saturated carbocycles. The van der Waals surface area contributed by atoms with E-state index in [9.17, 15) is 9.59 Å². The van der Waals surface area contributed by atoms with Crippen LogP contribution < -0.4 is 14.8 Å². The van der Waals surface area contributed by atoms with Crippen molar-refractivity contribution in [2.24, 2.45) is 5.92 Å². The molecule has 0 saturated heterocycles. The van der Waals surface area contributed by atoms with Crippen LogP contribution in [0, 0.1) is 5.92 Å². The van der Waals surface area contributed by atoms with E-state index < -0.39 is 5.97 Å². The molecular formula is C21H25NO5S. The first kappa shape index (κ1) is 20.2. The minimum Gasteiger partial charge on any atom is -0.494 e. The average molecular weight is 404 g/mol. The van der Waals surface area contributed by atoms with Crippen molar-refractivity contribution in [1.29, 1.82) is 0 Å². The molecule has 1 aliphatic rings. The standard InChI is InChI=1S/C21H25NO5S/c1-4-26-14-6-8-15(9-7-14)27-12-18(23)22-20-19(21(24)25-3)16-10-5-13(2)11-17(16)28-20/h6-9,13H,4-5,10-12H2,1-3H3,(H,22,23)/t13-/m0/s1. The summed E-state index contributed by atoms with van der Waals surface area (Å²) in [7, 11) is 1.36. The van der Waals surface area contributed by atoms with Crippen LogP contribution in [-0.4, -0.2) is 32.2 Å². The minimum absolute atomic E-state index is 0.145. The van der Waals surface area contributed by atoms with Gasteiger partial charge in [-0.3, -0.25) is 4.79 Å². The Kier molecular flexibility index (Phi) is 6.57. The van der Waals surface area contributed by atoms with Crippen LogP contribution in [-0.2, 0) is 22.4 Å². The minimum atomic E-state index is -0.408. The van der Waals surface area contributed by atoms with Gasteiger partial charge in [0.05, 0.1) is 19.3 Å². The highest BCUT2D eigenvalue weighted by atomic mass is 32.1. The fourth-order valence-corrected chi connectivity index (χ4v) is 4.68. The maximum Gasteiger partial charge on any atom is 0.341 e. The van der Waals surface area contributed by atoms with Crippen molar-refractivity contribution in [2.45, 2.75) is 33.1 Å². The van der Waals surface area contributed by atoms with E-state index in [-0.39, 0.29) is 12.5 Å². The summed E-state index contributed by atoms with van der Waals surface area (Å²) in [5.74, 6) is 1.18. The summed E-state index contributed by atoms with van der Waals surface area (Å²) in [4.78, 5) is 25.8. The van der Waals surface area contributed by atoms with Crippen molar-refractivity contribution in [3.8, 4) is 11.5 Å². The number of hydrogen-bond donors (Lipinski definition) is 1. The van der Waals surface area contributed by atoms with Crippen LogP contribution in [0.15, 0.2) is 24.3 Å². The molecule has 28 heavy (non-hydrogen) atoms. The number of ether oxygens (including phenoxy) is 3. The molecule has 7 heteroatoms. The van der Waals surface area contributed by atoms with E-state index in [1.54, 1.807) is 24.3 Å². The first-order valence-corrected chi connectivity index (χ1v) is 10.2. The van der Waals surface area contributed by atoms with Gasteiger partial charge in [0.2, 0.25) is 0 Å². The van der Waals surface area contributed by atoms with Gasteiger partial charge in [-0.2, -0.15) is 0 Å². The monoisotopic (exact) mass is 403 g/mol. The van der Waals surface area contributed by atoms with Crippen molar-refractivity contribution in [1.82, 2.24) is 0 Å². The third kappa shape index (κ3) is 4.65. The molecule has 1 heterocycles. The quantitative estimate of drug-likeness (QED) is 0.705. The molecular weight excluding hydrogens is 378 g/mol. The Morgan fingerprint density at radius 1 is 1.18 bits per heavy atom. The molecule has 1 amide bonds. The van der Waals surface area contributed by atoms with E-state index in [4.69, 9.17) is 14.2 Å². The lowest BCUT2D eigenvalue weighted by Crippen LogP contribution is -2.21. The Morgan fingerprint density at radius 3 is 2.50 bits per heavy atom. The number of benzene rings is 1. The summed E-state index contributed by atoms with van der Waals surface area (Å²) in [6, 6.07) is 7.09. The zero-order chi connectivity index (χ0) is 20.1. The zero-order valence-corrected chi connectivity index (χ0v) is 17.2. The second kappa shape index (κ2) is 9.10. The molecule has 1 aliphatic carbocycles. The Labute approximate surface area is 168 Å². The van der Waals surface area contributed by atoms with Crippen molar-refractivity contribution in [3.63, 3.8) is 0 Å². The van der Waals surface area contributed by atoms with Gasteiger partial charge in [0.15, 0.2) is 6.61 Å². The van der Waals surface area contributed by atoms with E-state index in [1.807, 2.05) is 6.92 Å². The number of rotatable bonds is 7. The molecule has 150 valence electrons. The van der Waals surface area contributed by atoms with Gasteiger partial charge in [-0.1, -0.05) is 6.92 Å². The number of methoxy groups -OCH3 is 1. The molecule has 0 fully saturated rings. The number of anilines is 1. The van der Waals surface area contributed by atoms with E-state index in [0.29, 0.717) is 28.8 Å². The van der Waals surface area contributed by atoms with Crippen LogP contribution >= 0.6 is 11.3 Å². The number of nitrogens with one attached hydrogen (secondary N) is 1. The Balaban J connectivity index is 1.67. The summed E-state index contributed by atoms with van der Waals surface area (Å²) in [5.41, 5.74) is 1.50. The molecule has 3 rings (SSSR count). The molecule has 1 aromatic carbocycles. The normalized spacial score (nSPS) is 15.5. The van der Waals surface area contributed by atoms with Crippen LogP contribution in [0.2, 0.25) is 0 Å². The number of amides is 1. The lowest BCUT2D eigenvalue weighted by atomic mass is 9.88. The number of carbonyl (C=O) groups is 2. The summed E-state index contributed by atoms with van der Waals surface area (Å²) in [6.45, 7) is 4.56. The number of carbonyl (C=O) groups excluding carboxylic acids is 2. The van der Waals surface area contributed by atoms with Crippen molar-refractivity contribution >= 4 is 28.2 Å². The highest BCUT2D eigenvalue weighted by molar-refractivity contribution is 7.17. The molecule has 0 aliphatic heterocycles. The van der Waals surface area contributed by atoms with Crippen LogP contribution in [0.3, 0.4) is 0 Å². The van der Waals surface area contributed by atoms with Gasteiger partial charge in [0.1, 0.15) is 16.5 Å². The SMILES string of the molecule is CCOc1ccc(OCC(=O)Nc2sc3c(c2C(=O)OC)CC[C@H](C)C3)cc1. The highest BCUT2D eigenvalue weighted by Crippen LogP contribution is 2.40. The fraction of sp³-hybridized carbons (Fsp3) is 0.429. The molecule has 2 aromatic rings. The van der Waals surface area contributed by atoms with Crippen LogP contribution in [0.5, 0.6) is 11.5 Å². The van der Waals surface area contributed by atoms with E-state index in [2.05, 4.69) is 12.2 Å². The summed E-state index contributed by atoms with van der Waals surface area (Å²) >= 11 is 1.46. The van der Waals surface area contributed by atoms with Gasteiger partial charge >= 0.3 is 5.97 Å². The highest BCUT2D eigenvalue weighted by Gasteiger charge is 2.28. The number of hydrogen-bond acceptors (Lipinski definition) is 6. The van der Waals surface area contributed by atoms with Crippen LogP contribution in [0.4, 0.5) is 5.00 Å². The molecule has 1 N–H and O–H groups in total. The maximum atomic E-state index is 12.4. The van der Waals surface area contributed by atoms with Gasteiger partial charge in [-0.05, 0) is 61.9 Å². The van der Waals surface area contributed by atoms with Crippen LogP contribution in [0.1, 0.15) is 41.1 Å². The molecule has 0 spiro atoms. The smallest absolute Gasteiger partial charge is 0.341 e. The molecule has 0 radical (unpaired) electrons. The lowest BCUT2D eigenvalue weighted by molar-refractivity contribution is -0.118. The van der Waals surface area contributed by atoms with Gasteiger partial charge in [0, 0.05) is 4.88 Å². The average Bonchev–Trinajstić information content (AvgIpc) is 3.03. The predicted octanol–water partition coefficient (Wildman–Crippen LogP) is 4.08. The van der Waals surface area contributed by atoms with Gasteiger partial charge < -0.3 is 19.5 Å². The Hall–Kier alpha value is -2.54. The zero-order valence-electron chi connectivity index (χ0n) is 16.4. The Morgan fingerprint density at radius 2 is 1.86 bits per heavy atom. The van der Waals surface area contributed by atoms with Crippen molar-refractivity contribution < 1.29 is 23.8 Å². The van der Waals surface area contributed by atoms with Crippen LogP contribution in [0.25, 0.3) is 0 Å². The molecule has 1 atom stereocenters. The second-order valence-corrected chi connectivity index (χ2v) is 7.89. The van der Waals surface area contributed by atoms with E-state index in [0.717, 1.165) is 35.5 Å². The summed E-state index contributed by atoms with van der Waals surface area (Å²) in [6.07, 6.45) is 2.78. The number of esters is 1. The Bertz CT molecular complexity index is 843. The maximum absolute atomic E-state index is 12.4. The summed E-state index contributed by atoms with van der Waals surface area (Å²) in [5, 5.41) is 3.38. The molecule has 0 unspecified atom stereocenters. The van der Waals surface area contributed by atoms with E-state index >= 15 is 0 Å². The summed E-state index contributed by atoms with van der Waals surface area (Å²) < 4.78 is 15.9. The lowest BCUT2D eigenvalue weighted by Gasteiger charge is -2.18. The molecule has 6 nitrogen and oxygen atoms in total. The molecule has 1 aromatic heterocycles. The van der Waals surface area contributed by atoms with Gasteiger partial charge in [-0.25, -0.2) is 4.79 Å². The van der Waals surface area contributed by atoms with E-state index in [1.165, 1.54) is 18.4 Å². The molecule has 0 bridgehead atoms.